The van der Waals surface area contributed by atoms with E-state index in [0.717, 1.165) is 92.3 Å². The lowest BCUT2D eigenvalue weighted by atomic mass is 9.60. The van der Waals surface area contributed by atoms with Crippen molar-refractivity contribution in [1.29, 1.82) is 0 Å². The van der Waals surface area contributed by atoms with Crippen molar-refractivity contribution in [2.75, 3.05) is 77.7 Å². The van der Waals surface area contributed by atoms with Gasteiger partial charge >= 0.3 is 6.03 Å². The molecule has 4 N–H and O–H groups in total. The minimum Gasteiger partial charge on any atom is -0.507 e. The zero-order chi connectivity index (χ0) is 45.3. The number of urea groups is 1. The van der Waals surface area contributed by atoms with E-state index < -0.39 is 0 Å². The summed E-state index contributed by atoms with van der Waals surface area (Å²) in [6, 6.07) is 17.5. The summed E-state index contributed by atoms with van der Waals surface area (Å²) < 4.78 is 18.2. The van der Waals surface area contributed by atoms with Crippen molar-refractivity contribution < 1.29 is 19.1 Å². The number of para-hydroxylation sites is 1. The summed E-state index contributed by atoms with van der Waals surface area (Å²) in [6.07, 6.45) is 14.9. The van der Waals surface area contributed by atoms with Crippen molar-refractivity contribution in [3.63, 3.8) is 0 Å². The number of piperidine rings is 1. The van der Waals surface area contributed by atoms with E-state index in [1.165, 1.54) is 44.9 Å². The van der Waals surface area contributed by atoms with E-state index in [4.69, 9.17) is 10.7 Å². The Kier molecular flexibility index (Phi) is 11.0. The van der Waals surface area contributed by atoms with Gasteiger partial charge in [-0.3, -0.25) is 15.0 Å². The fraction of sp³-hybridized carbons (Fsp3) is 0.510. The van der Waals surface area contributed by atoms with Crippen LogP contribution in [0.25, 0.3) is 22.3 Å². The number of imide groups is 1. The van der Waals surface area contributed by atoms with Gasteiger partial charge in [-0.05, 0) is 150 Å². The first-order valence-corrected chi connectivity index (χ1v) is 24.3. The van der Waals surface area contributed by atoms with Gasteiger partial charge in [0.25, 0.3) is 0 Å². The largest absolute Gasteiger partial charge is 0.507 e. The van der Waals surface area contributed by atoms with E-state index in [0.29, 0.717) is 59.0 Å². The SMILES string of the molecule is CCN(C[C@H]1CCC(CN2CCC3(CC2)CC(n2cc(C)c4cc(N5CCC(=O)NC5=O)cnc42)C3)C1)c1cc(N2C3CCC2CN(c2cc(-c4ccccc4O)nnc2N)C3)ccc1F. The van der Waals surface area contributed by atoms with Crippen LogP contribution in [0, 0.1) is 30.0 Å². The molecule has 2 aliphatic carbocycles. The summed E-state index contributed by atoms with van der Waals surface area (Å²) in [5.74, 6) is 1.39. The van der Waals surface area contributed by atoms with Crippen molar-refractivity contribution in [2.45, 2.75) is 96.2 Å². The number of piperazine rings is 1. The van der Waals surface area contributed by atoms with Crippen LogP contribution >= 0.6 is 0 Å². The van der Waals surface area contributed by atoms with E-state index in [-0.39, 0.29) is 35.6 Å². The number of aryl methyl sites for hydroxylation is 1. The van der Waals surface area contributed by atoms with Crippen LogP contribution < -0.4 is 30.7 Å². The number of phenols is 1. The lowest BCUT2D eigenvalue weighted by molar-refractivity contribution is -0.120. The number of anilines is 5. The number of nitrogens with zero attached hydrogens (tertiary/aromatic N) is 9. The number of aromatic hydroxyl groups is 1. The van der Waals surface area contributed by atoms with Gasteiger partial charge in [0.05, 0.1) is 29.0 Å². The monoisotopic (exact) mass is 896 g/mol. The average molecular weight is 896 g/mol. The third-order valence-corrected chi connectivity index (χ3v) is 16.3. The number of hydrogen-bond donors (Lipinski definition) is 3. The number of pyridine rings is 1. The number of benzene rings is 2. The summed E-state index contributed by atoms with van der Waals surface area (Å²) in [7, 11) is 0. The number of carbonyl (C=O) groups is 2. The number of phenolic OH excluding ortho intramolecular Hbond substituents is 1. The molecule has 0 radical (unpaired) electrons. The number of likely N-dealkylation sites (tertiary alicyclic amines) is 1. The molecule has 66 heavy (non-hydrogen) atoms. The topological polar surface area (TPSA) is 152 Å². The Morgan fingerprint density at radius 2 is 1.70 bits per heavy atom. The smallest absolute Gasteiger partial charge is 0.328 e. The number of hydrogen-bond acceptors (Lipinski definition) is 11. The maximum atomic E-state index is 15.8. The number of aromatic nitrogens is 4. The molecule has 3 amide bonds. The zero-order valence-corrected chi connectivity index (χ0v) is 38.2. The summed E-state index contributed by atoms with van der Waals surface area (Å²) in [5, 5.41) is 22.6. The predicted molar refractivity (Wildman–Crippen MR) is 257 cm³/mol. The Balaban J connectivity index is 0.676. The lowest BCUT2D eigenvalue weighted by Crippen LogP contribution is -2.54. The molecule has 11 rings (SSSR count). The summed E-state index contributed by atoms with van der Waals surface area (Å²) >= 11 is 0. The summed E-state index contributed by atoms with van der Waals surface area (Å²) in [5.41, 5.74) is 13.5. The Morgan fingerprint density at radius 3 is 2.45 bits per heavy atom. The first-order valence-electron chi connectivity index (χ1n) is 24.3. The standard InChI is InChI=1S/C51H62FN11O3/c1-3-59(44-22-35(12-13-42(44)52)63-36-10-11-37(63)31-60(30-36)45-23-43(56-57-48(45)53)40-6-4-5-7-46(40)64)29-34-9-8-33(20-34)28-58-18-15-51(16-19-58)24-39(25-51)62-27-32(2)41-21-38(26-54-49(41)62)61-17-14-47(65)55-50(61)66/h4-7,12-13,21-23,26-27,33-34,36-37,39,64H,3,8-11,14-20,24-25,28-31H2,1-2H3,(H2,53,57)(H,55,65,66)/t33?,34-,36?,37?/m0/s1. The fourth-order valence-electron chi connectivity index (χ4n) is 12.7. The minimum atomic E-state index is -0.383. The number of halogens is 1. The van der Waals surface area contributed by atoms with Crippen molar-refractivity contribution in [2.24, 2.45) is 17.3 Å². The number of rotatable bonds is 11. The molecular formula is C51H62FN11O3. The van der Waals surface area contributed by atoms with Gasteiger partial charge in [-0.25, -0.2) is 14.2 Å². The van der Waals surface area contributed by atoms with Crippen molar-refractivity contribution >= 4 is 51.5 Å². The molecule has 3 unspecified atom stereocenters. The molecular weight excluding hydrogens is 834 g/mol. The van der Waals surface area contributed by atoms with Gasteiger partial charge in [0.1, 0.15) is 17.2 Å². The molecule has 2 saturated carbocycles. The van der Waals surface area contributed by atoms with Gasteiger partial charge in [0.15, 0.2) is 5.82 Å². The number of nitrogen functional groups attached to an aromatic ring is 1. The maximum absolute atomic E-state index is 15.8. The molecule has 346 valence electrons. The third-order valence-electron chi connectivity index (χ3n) is 16.3. The second-order valence-electron chi connectivity index (χ2n) is 20.3. The molecule has 2 aromatic carbocycles. The van der Waals surface area contributed by atoms with Gasteiger partial charge in [-0.2, -0.15) is 0 Å². The van der Waals surface area contributed by atoms with E-state index in [2.05, 4.69) is 65.8 Å². The first-order chi connectivity index (χ1) is 32.0. The van der Waals surface area contributed by atoms with E-state index in [9.17, 15) is 14.7 Å². The van der Waals surface area contributed by atoms with Gasteiger partial charge in [-0.15, -0.1) is 10.2 Å². The molecule has 14 nitrogen and oxygen atoms in total. The fourth-order valence-corrected chi connectivity index (χ4v) is 12.7. The van der Waals surface area contributed by atoms with Crippen molar-refractivity contribution in [3.8, 4) is 17.0 Å². The zero-order valence-electron chi connectivity index (χ0n) is 38.2. The molecule has 3 aromatic heterocycles. The van der Waals surface area contributed by atoms with Crippen LogP contribution in [-0.4, -0.2) is 106 Å². The molecule has 5 aromatic rings. The number of amides is 3. The molecule has 15 heteroatoms. The number of fused-ring (bicyclic) bond motifs is 3. The van der Waals surface area contributed by atoms with Crippen LogP contribution in [-0.2, 0) is 4.79 Å². The molecule has 4 saturated heterocycles. The van der Waals surface area contributed by atoms with Crippen molar-refractivity contribution in [1.82, 2.24) is 30.0 Å². The van der Waals surface area contributed by atoms with Gasteiger partial charge in [0, 0.05) is 86.6 Å². The van der Waals surface area contributed by atoms with Crippen LogP contribution in [0.4, 0.5) is 37.8 Å². The van der Waals surface area contributed by atoms with E-state index in [1.54, 1.807) is 29.3 Å². The molecule has 7 heterocycles. The second kappa shape index (κ2) is 17.0. The molecule has 6 fully saturated rings. The minimum absolute atomic E-state index is 0.151. The Morgan fingerprint density at radius 1 is 0.924 bits per heavy atom. The number of nitrogens with one attached hydrogen (secondary N) is 1. The average Bonchev–Trinajstić information content (AvgIpc) is 3.97. The summed E-state index contributed by atoms with van der Waals surface area (Å²) in [6.45, 7) is 11.3. The van der Waals surface area contributed by atoms with Gasteiger partial charge in [-0.1, -0.05) is 12.1 Å². The molecule has 2 bridgehead atoms. The molecule has 6 aliphatic rings. The highest BCUT2D eigenvalue weighted by Crippen LogP contribution is 2.56. The van der Waals surface area contributed by atoms with E-state index >= 15 is 4.39 Å². The van der Waals surface area contributed by atoms with Gasteiger partial charge in [0.2, 0.25) is 5.91 Å². The first kappa shape index (κ1) is 42.7. The number of carbonyl (C=O) groups excluding carboxylic acids is 2. The quantitative estimate of drug-likeness (QED) is 0.119. The highest BCUT2D eigenvalue weighted by molar-refractivity contribution is 6.06. The van der Waals surface area contributed by atoms with Crippen LogP contribution in [0.2, 0.25) is 0 Å². The third kappa shape index (κ3) is 7.86. The van der Waals surface area contributed by atoms with E-state index in [1.807, 2.05) is 30.3 Å². The van der Waals surface area contributed by atoms with Crippen LogP contribution in [0.15, 0.2) is 67.0 Å². The Bertz CT molecular complexity index is 2640. The molecule has 4 atom stereocenters. The molecule has 1 spiro atoms. The van der Waals surface area contributed by atoms with Crippen LogP contribution in [0.3, 0.4) is 0 Å². The highest BCUT2D eigenvalue weighted by Gasteiger charge is 2.47. The second-order valence-corrected chi connectivity index (χ2v) is 20.3. The highest BCUT2D eigenvalue weighted by atomic mass is 19.1. The maximum Gasteiger partial charge on any atom is 0.328 e. The Hall–Kier alpha value is -5.96. The van der Waals surface area contributed by atoms with Crippen LogP contribution in [0.1, 0.15) is 82.7 Å². The predicted octanol–water partition coefficient (Wildman–Crippen LogP) is 7.89. The summed E-state index contributed by atoms with van der Waals surface area (Å²) in [4.78, 5) is 40.5. The normalized spacial score (nSPS) is 24.4. The Labute approximate surface area is 385 Å². The van der Waals surface area contributed by atoms with Gasteiger partial charge < -0.3 is 35.0 Å². The van der Waals surface area contributed by atoms with Crippen molar-refractivity contribution in [3.05, 3.63) is 78.4 Å². The molecule has 4 aliphatic heterocycles. The number of nitrogens with two attached hydrogens (primary N) is 1. The van der Waals surface area contributed by atoms with Crippen LogP contribution in [0.5, 0.6) is 5.75 Å². The lowest BCUT2D eigenvalue weighted by Gasteiger charge is -2.53.